The van der Waals surface area contributed by atoms with Crippen LogP contribution in [0.3, 0.4) is 0 Å². The molecule has 0 aliphatic heterocycles. The first-order valence-corrected chi connectivity index (χ1v) is 9.26. The average Bonchev–Trinajstić information content (AvgIpc) is 2.95. The smallest absolute Gasteiger partial charge is 0.333 e. The minimum Gasteiger partial charge on any atom is -0.350 e. The monoisotopic (exact) mass is 338 g/mol. The first kappa shape index (κ1) is 16.5. The average molecular weight is 338 g/mol. The third kappa shape index (κ3) is 3.31. The van der Waals surface area contributed by atoms with Gasteiger partial charge in [-0.05, 0) is 36.4 Å². The molecule has 1 heterocycles. The summed E-state index contributed by atoms with van der Waals surface area (Å²) in [6, 6.07) is 8.66. The van der Waals surface area contributed by atoms with E-state index in [4.69, 9.17) is 5.73 Å². The molecule has 0 aliphatic rings. The zero-order valence-electron chi connectivity index (χ0n) is 12.2. The molecule has 2 rings (SSSR count). The van der Waals surface area contributed by atoms with Crippen molar-refractivity contribution in [2.45, 2.75) is 31.1 Å². The summed E-state index contributed by atoms with van der Waals surface area (Å²) < 4.78 is 26.4. The molecular formula is C15H18N2O3S2. The van der Waals surface area contributed by atoms with Gasteiger partial charge in [-0.25, -0.2) is 13.2 Å². The number of thiophene rings is 1. The third-order valence-corrected chi connectivity index (χ3v) is 6.09. The maximum Gasteiger partial charge on any atom is 0.333 e. The summed E-state index contributed by atoms with van der Waals surface area (Å²) in [5.74, 6) is 0. The Hall–Kier alpha value is -1.86. The van der Waals surface area contributed by atoms with Crippen LogP contribution in [-0.4, -0.2) is 14.4 Å². The Balaban J connectivity index is 2.47. The fourth-order valence-electron chi connectivity index (χ4n) is 2.12. The number of nitrogens with zero attached hydrogens (tertiary/aromatic N) is 1. The minimum atomic E-state index is -4.00. The molecule has 0 spiro atoms. The number of benzene rings is 1. The van der Waals surface area contributed by atoms with Crippen LogP contribution in [0.25, 0.3) is 0 Å². The van der Waals surface area contributed by atoms with E-state index in [1.165, 1.54) is 17.4 Å². The molecular weight excluding hydrogens is 320 g/mol. The maximum absolute atomic E-state index is 12.9. The van der Waals surface area contributed by atoms with Gasteiger partial charge in [0, 0.05) is 4.88 Å². The van der Waals surface area contributed by atoms with Crippen LogP contribution in [0.5, 0.6) is 0 Å². The van der Waals surface area contributed by atoms with Crippen LogP contribution < -0.4 is 10.0 Å². The number of sulfonamides is 1. The van der Waals surface area contributed by atoms with Gasteiger partial charge in [-0.3, -0.25) is 0 Å². The molecule has 0 atom stereocenters. The Morgan fingerprint density at radius 2 is 1.91 bits per heavy atom. The van der Waals surface area contributed by atoms with Crippen molar-refractivity contribution in [1.82, 2.24) is 0 Å². The van der Waals surface area contributed by atoms with E-state index in [2.05, 4.69) is 0 Å². The summed E-state index contributed by atoms with van der Waals surface area (Å²) >= 11 is 1.38. The van der Waals surface area contributed by atoms with Gasteiger partial charge < -0.3 is 5.73 Å². The SMILES string of the molecule is CCCCc1sccc1S(=O)(=O)N(C(N)=O)c1ccccc1. The highest BCUT2D eigenvalue weighted by Gasteiger charge is 2.31. The van der Waals surface area contributed by atoms with Gasteiger partial charge in [-0.1, -0.05) is 31.5 Å². The molecule has 118 valence electrons. The number of unbranched alkanes of at least 4 members (excludes halogenated alkanes) is 1. The van der Waals surface area contributed by atoms with E-state index >= 15 is 0 Å². The van der Waals surface area contributed by atoms with Crippen LogP contribution in [0.15, 0.2) is 46.7 Å². The molecule has 2 aromatic rings. The molecule has 2 N–H and O–H groups in total. The third-order valence-electron chi connectivity index (χ3n) is 3.17. The lowest BCUT2D eigenvalue weighted by Crippen LogP contribution is -2.40. The summed E-state index contributed by atoms with van der Waals surface area (Å²) in [4.78, 5) is 12.7. The summed E-state index contributed by atoms with van der Waals surface area (Å²) in [7, 11) is -4.00. The Kier molecular flexibility index (Phi) is 5.20. The van der Waals surface area contributed by atoms with Gasteiger partial charge in [0.2, 0.25) is 0 Å². The van der Waals surface area contributed by atoms with Crippen LogP contribution in [0.1, 0.15) is 24.6 Å². The van der Waals surface area contributed by atoms with Crippen molar-refractivity contribution < 1.29 is 13.2 Å². The fraction of sp³-hybridized carbons (Fsp3) is 0.267. The second-order valence-electron chi connectivity index (χ2n) is 4.75. The maximum atomic E-state index is 12.9. The molecule has 0 saturated heterocycles. The summed E-state index contributed by atoms with van der Waals surface area (Å²) in [5.41, 5.74) is 5.56. The zero-order valence-corrected chi connectivity index (χ0v) is 13.9. The Morgan fingerprint density at radius 3 is 2.50 bits per heavy atom. The Bertz CT molecular complexity index is 739. The van der Waals surface area contributed by atoms with Crippen LogP contribution in [0, 0.1) is 0 Å². The number of carbonyl (C=O) groups excluding carboxylic acids is 1. The molecule has 1 aromatic heterocycles. The number of nitrogens with two attached hydrogens (primary N) is 1. The highest BCUT2D eigenvalue weighted by Crippen LogP contribution is 2.29. The molecule has 5 nitrogen and oxygen atoms in total. The lowest BCUT2D eigenvalue weighted by molar-refractivity contribution is 0.257. The van der Waals surface area contributed by atoms with E-state index in [1.807, 2.05) is 6.92 Å². The number of para-hydroxylation sites is 1. The molecule has 2 amide bonds. The van der Waals surface area contributed by atoms with E-state index in [-0.39, 0.29) is 10.6 Å². The second-order valence-corrected chi connectivity index (χ2v) is 7.51. The van der Waals surface area contributed by atoms with Crippen molar-refractivity contribution in [2.24, 2.45) is 5.73 Å². The topological polar surface area (TPSA) is 80.5 Å². The van der Waals surface area contributed by atoms with Crippen molar-refractivity contribution in [3.05, 3.63) is 46.7 Å². The zero-order chi connectivity index (χ0) is 16.2. The number of anilines is 1. The lowest BCUT2D eigenvalue weighted by Gasteiger charge is -2.20. The van der Waals surface area contributed by atoms with Crippen molar-refractivity contribution in [1.29, 1.82) is 0 Å². The van der Waals surface area contributed by atoms with Gasteiger partial charge in [0.1, 0.15) is 4.90 Å². The molecule has 0 bridgehead atoms. The minimum absolute atomic E-state index is 0.161. The molecule has 22 heavy (non-hydrogen) atoms. The predicted octanol–water partition coefficient (Wildman–Crippen LogP) is 3.36. The normalized spacial score (nSPS) is 11.3. The van der Waals surface area contributed by atoms with E-state index in [0.717, 1.165) is 17.7 Å². The molecule has 1 aromatic carbocycles. The number of primary amides is 1. The number of carbonyl (C=O) groups is 1. The summed E-state index contributed by atoms with van der Waals surface area (Å²) in [6.45, 7) is 2.04. The molecule has 0 radical (unpaired) electrons. The number of rotatable bonds is 6. The highest BCUT2D eigenvalue weighted by atomic mass is 32.2. The van der Waals surface area contributed by atoms with Gasteiger partial charge >= 0.3 is 6.03 Å². The molecule has 0 fully saturated rings. The van der Waals surface area contributed by atoms with E-state index in [1.54, 1.807) is 35.7 Å². The van der Waals surface area contributed by atoms with E-state index < -0.39 is 16.1 Å². The summed E-state index contributed by atoms with van der Waals surface area (Å²) in [5, 5.41) is 1.72. The molecule has 0 saturated carbocycles. The second kappa shape index (κ2) is 6.93. The number of hydrogen-bond acceptors (Lipinski definition) is 4. The van der Waals surface area contributed by atoms with Gasteiger partial charge in [0.05, 0.1) is 5.69 Å². The molecule has 0 unspecified atom stereocenters. The number of urea groups is 1. The Labute approximate surface area is 134 Å². The highest BCUT2D eigenvalue weighted by molar-refractivity contribution is 7.93. The standard InChI is InChI=1S/C15H18N2O3S2/c1-2-3-9-13-14(10-11-21-13)22(19,20)17(15(16)18)12-7-5-4-6-8-12/h4-8,10-11H,2-3,9H2,1H3,(H2,16,18). The van der Waals surface area contributed by atoms with Gasteiger partial charge in [0.15, 0.2) is 0 Å². The predicted molar refractivity (Wildman–Crippen MR) is 88.6 cm³/mol. The summed E-state index contributed by atoms with van der Waals surface area (Å²) in [6.07, 6.45) is 2.53. The Morgan fingerprint density at radius 1 is 1.23 bits per heavy atom. The quantitative estimate of drug-likeness (QED) is 0.877. The van der Waals surface area contributed by atoms with Gasteiger partial charge in [-0.15, -0.1) is 11.3 Å². The lowest BCUT2D eigenvalue weighted by atomic mass is 10.2. The van der Waals surface area contributed by atoms with Crippen molar-refractivity contribution in [2.75, 3.05) is 4.31 Å². The van der Waals surface area contributed by atoms with Gasteiger partial charge in [0.25, 0.3) is 10.0 Å². The van der Waals surface area contributed by atoms with E-state index in [9.17, 15) is 13.2 Å². The van der Waals surface area contributed by atoms with Crippen LogP contribution in [0.4, 0.5) is 10.5 Å². The number of amides is 2. The number of hydrogen-bond donors (Lipinski definition) is 1. The van der Waals surface area contributed by atoms with Crippen LogP contribution in [-0.2, 0) is 16.4 Å². The van der Waals surface area contributed by atoms with Crippen molar-refractivity contribution in [3.63, 3.8) is 0 Å². The van der Waals surface area contributed by atoms with Crippen molar-refractivity contribution >= 4 is 33.1 Å². The molecule has 0 aliphatic carbocycles. The fourth-order valence-corrected chi connectivity index (χ4v) is 4.95. The van der Waals surface area contributed by atoms with Crippen LogP contribution in [0.2, 0.25) is 0 Å². The molecule has 7 heteroatoms. The largest absolute Gasteiger partial charge is 0.350 e. The number of aryl methyl sites for hydroxylation is 1. The van der Waals surface area contributed by atoms with Crippen molar-refractivity contribution in [3.8, 4) is 0 Å². The van der Waals surface area contributed by atoms with E-state index in [0.29, 0.717) is 10.7 Å². The van der Waals surface area contributed by atoms with Crippen LogP contribution >= 0.6 is 11.3 Å². The van der Waals surface area contributed by atoms with Gasteiger partial charge in [-0.2, -0.15) is 4.31 Å². The first-order chi connectivity index (χ1) is 10.5. The first-order valence-electron chi connectivity index (χ1n) is 6.94.